The molecule has 0 bridgehead atoms. The molecule has 0 saturated carbocycles. The first-order valence-corrected chi connectivity index (χ1v) is 10.4. The summed E-state index contributed by atoms with van der Waals surface area (Å²) in [5.41, 5.74) is 2.63. The lowest BCUT2D eigenvalue weighted by atomic mass is 10.1. The molecule has 0 aliphatic carbocycles. The van der Waals surface area contributed by atoms with Crippen LogP contribution in [0.25, 0.3) is 11.3 Å². The van der Waals surface area contributed by atoms with Crippen molar-refractivity contribution in [1.82, 2.24) is 10.1 Å². The zero-order chi connectivity index (χ0) is 21.7. The molecule has 0 radical (unpaired) electrons. The molecule has 2 heterocycles. The third kappa shape index (κ3) is 5.12. The van der Waals surface area contributed by atoms with E-state index in [1.54, 1.807) is 6.26 Å². The standard InChI is InChI=1S/C24H31N3O3/c1-17(2)14-22(28)27(15-20-12-9-13-29-20)16-21-23(19-10-7-6-8-11-19)25-30-24(21)26(5)18(3)4/h6-13,17-18H,14-16H2,1-5H3. The number of rotatable bonds is 9. The van der Waals surface area contributed by atoms with Gasteiger partial charge in [-0.15, -0.1) is 0 Å². The molecular weight excluding hydrogens is 378 g/mol. The molecule has 0 aliphatic rings. The van der Waals surface area contributed by atoms with E-state index in [-0.39, 0.29) is 17.9 Å². The summed E-state index contributed by atoms with van der Waals surface area (Å²) in [4.78, 5) is 17.0. The smallest absolute Gasteiger partial charge is 0.232 e. The van der Waals surface area contributed by atoms with Gasteiger partial charge < -0.3 is 18.7 Å². The van der Waals surface area contributed by atoms with Gasteiger partial charge in [-0.05, 0) is 31.9 Å². The minimum atomic E-state index is 0.0831. The average molecular weight is 410 g/mol. The molecule has 3 rings (SSSR count). The summed E-state index contributed by atoms with van der Waals surface area (Å²) in [6, 6.07) is 13.9. The second-order valence-corrected chi connectivity index (χ2v) is 8.31. The van der Waals surface area contributed by atoms with Gasteiger partial charge in [0.25, 0.3) is 0 Å². The van der Waals surface area contributed by atoms with E-state index in [4.69, 9.17) is 8.94 Å². The van der Waals surface area contributed by atoms with Crippen molar-refractivity contribution in [3.63, 3.8) is 0 Å². The lowest BCUT2D eigenvalue weighted by molar-refractivity contribution is -0.133. The van der Waals surface area contributed by atoms with Crippen LogP contribution in [0.15, 0.2) is 57.7 Å². The average Bonchev–Trinajstić information content (AvgIpc) is 3.37. The fraction of sp³-hybridized carbons (Fsp3) is 0.417. The maximum absolute atomic E-state index is 13.1. The molecular formula is C24H31N3O3. The zero-order valence-corrected chi connectivity index (χ0v) is 18.5. The van der Waals surface area contributed by atoms with Gasteiger partial charge in [0.05, 0.1) is 24.9 Å². The highest BCUT2D eigenvalue weighted by atomic mass is 16.5. The van der Waals surface area contributed by atoms with E-state index in [1.165, 1.54) is 0 Å². The zero-order valence-electron chi connectivity index (χ0n) is 18.5. The van der Waals surface area contributed by atoms with E-state index in [2.05, 4.69) is 32.9 Å². The summed E-state index contributed by atoms with van der Waals surface area (Å²) >= 11 is 0. The van der Waals surface area contributed by atoms with Gasteiger partial charge in [0.2, 0.25) is 11.8 Å². The van der Waals surface area contributed by atoms with Gasteiger partial charge in [-0.1, -0.05) is 49.3 Å². The quantitative estimate of drug-likeness (QED) is 0.476. The number of hydrogen-bond acceptors (Lipinski definition) is 5. The Kier molecular flexibility index (Phi) is 6.98. The molecule has 160 valence electrons. The number of furan rings is 1. The van der Waals surface area contributed by atoms with Gasteiger partial charge in [0.15, 0.2) is 0 Å². The first-order valence-electron chi connectivity index (χ1n) is 10.4. The number of anilines is 1. The Morgan fingerprint density at radius 1 is 1.03 bits per heavy atom. The van der Waals surface area contributed by atoms with Crippen LogP contribution in [0.4, 0.5) is 5.88 Å². The van der Waals surface area contributed by atoms with E-state index in [0.717, 1.165) is 22.6 Å². The number of aromatic nitrogens is 1. The molecule has 2 aromatic heterocycles. The maximum Gasteiger partial charge on any atom is 0.232 e. The number of hydrogen-bond donors (Lipinski definition) is 0. The van der Waals surface area contributed by atoms with Crippen molar-refractivity contribution in [2.75, 3.05) is 11.9 Å². The van der Waals surface area contributed by atoms with Crippen LogP contribution in [0, 0.1) is 5.92 Å². The largest absolute Gasteiger partial charge is 0.467 e. The molecule has 6 nitrogen and oxygen atoms in total. The van der Waals surface area contributed by atoms with E-state index < -0.39 is 0 Å². The van der Waals surface area contributed by atoms with Crippen LogP contribution in [0.1, 0.15) is 45.4 Å². The Morgan fingerprint density at radius 3 is 2.37 bits per heavy atom. The van der Waals surface area contributed by atoms with Crippen LogP contribution in [0.3, 0.4) is 0 Å². The molecule has 1 aromatic carbocycles. The molecule has 0 spiro atoms. The Balaban J connectivity index is 2.01. The molecule has 6 heteroatoms. The van der Waals surface area contributed by atoms with E-state index in [1.807, 2.05) is 59.3 Å². The fourth-order valence-corrected chi connectivity index (χ4v) is 3.27. The molecule has 1 amide bonds. The van der Waals surface area contributed by atoms with Crippen LogP contribution >= 0.6 is 0 Å². The van der Waals surface area contributed by atoms with Crippen molar-refractivity contribution < 1.29 is 13.7 Å². The molecule has 30 heavy (non-hydrogen) atoms. The molecule has 0 atom stereocenters. The molecule has 0 fully saturated rings. The van der Waals surface area contributed by atoms with Crippen molar-refractivity contribution in [2.45, 2.75) is 53.2 Å². The van der Waals surface area contributed by atoms with Crippen LogP contribution in [0.5, 0.6) is 0 Å². The first kappa shape index (κ1) is 21.7. The van der Waals surface area contributed by atoms with E-state index >= 15 is 0 Å². The normalized spacial score (nSPS) is 11.3. The van der Waals surface area contributed by atoms with Gasteiger partial charge in [0.1, 0.15) is 11.5 Å². The second kappa shape index (κ2) is 9.65. The van der Waals surface area contributed by atoms with Gasteiger partial charge in [-0.3, -0.25) is 4.79 Å². The maximum atomic E-state index is 13.1. The summed E-state index contributed by atoms with van der Waals surface area (Å²) in [6.45, 7) is 9.10. The van der Waals surface area contributed by atoms with Crippen LogP contribution in [-0.4, -0.2) is 29.1 Å². The number of benzene rings is 1. The van der Waals surface area contributed by atoms with E-state index in [9.17, 15) is 4.79 Å². The number of carbonyl (C=O) groups excluding carboxylic acids is 1. The third-order valence-corrected chi connectivity index (χ3v) is 5.12. The van der Waals surface area contributed by atoms with Gasteiger partial charge in [-0.25, -0.2) is 0 Å². The minimum Gasteiger partial charge on any atom is -0.467 e. The molecule has 0 aliphatic heterocycles. The van der Waals surface area contributed by atoms with Crippen LogP contribution < -0.4 is 4.90 Å². The lowest BCUT2D eigenvalue weighted by Gasteiger charge is -2.26. The van der Waals surface area contributed by atoms with Crippen LogP contribution in [0.2, 0.25) is 0 Å². The van der Waals surface area contributed by atoms with Crippen molar-refractivity contribution in [3.8, 4) is 11.3 Å². The molecule has 3 aromatic rings. The number of carbonyl (C=O) groups is 1. The van der Waals surface area contributed by atoms with Crippen molar-refractivity contribution >= 4 is 11.8 Å². The Hall–Kier alpha value is -3.02. The minimum absolute atomic E-state index is 0.0831. The number of nitrogens with zero attached hydrogens (tertiary/aromatic N) is 3. The second-order valence-electron chi connectivity index (χ2n) is 8.31. The van der Waals surface area contributed by atoms with Crippen molar-refractivity contribution in [3.05, 3.63) is 60.1 Å². The highest BCUT2D eigenvalue weighted by molar-refractivity contribution is 5.77. The molecule has 0 N–H and O–H groups in total. The predicted octanol–water partition coefficient (Wildman–Crippen LogP) is 5.35. The summed E-state index contributed by atoms with van der Waals surface area (Å²) in [5.74, 6) is 1.79. The van der Waals surface area contributed by atoms with Crippen molar-refractivity contribution in [1.29, 1.82) is 0 Å². The topological polar surface area (TPSA) is 62.7 Å². The first-order chi connectivity index (χ1) is 14.4. The third-order valence-electron chi connectivity index (χ3n) is 5.12. The van der Waals surface area contributed by atoms with Gasteiger partial charge in [-0.2, -0.15) is 0 Å². The fourth-order valence-electron chi connectivity index (χ4n) is 3.27. The molecule has 0 saturated heterocycles. The highest BCUT2D eigenvalue weighted by Crippen LogP contribution is 2.33. The Morgan fingerprint density at radius 2 is 1.77 bits per heavy atom. The van der Waals surface area contributed by atoms with Crippen LogP contribution in [-0.2, 0) is 17.9 Å². The monoisotopic (exact) mass is 409 g/mol. The summed E-state index contributed by atoms with van der Waals surface area (Å²) in [6.07, 6.45) is 2.11. The van der Waals surface area contributed by atoms with Gasteiger partial charge in [0, 0.05) is 25.1 Å². The highest BCUT2D eigenvalue weighted by Gasteiger charge is 2.26. The van der Waals surface area contributed by atoms with E-state index in [0.29, 0.717) is 25.4 Å². The lowest BCUT2D eigenvalue weighted by Crippen LogP contribution is -2.32. The number of amides is 1. The van der Waals surface area contributed by atoms with Crippen molar-refractivity contribution in [2.24, 2.45) is 5.92 Å². The summed E-state index contributed by atoms with van der Waals surface area (Å²) in [5, 5.41) is 4.38. The Labute approximate surface area is 178 Å². The summed E-state index contributed by atoms with van der Waals surface area (Å²) < 4.78 is 11.3. The SMILES string of the molecule is CC(C)CC(=O)N(Cc1ccco1)Cc1c(-c2ccccc2)noc1N(C)C(C)C. The summed E-state index contributed by atoms with van der Waals surface area (Å²) in [7, 11) is 1.98. The molecule has 0 unspecified atom stereocenters. The predicted molar refractivity (Wildman–Crippen MR) is 118 cm³/mol. The van der Waals surface area contributed by atoms with Gasteiger partial charge >= 0.3 is 0 Å². The Bertz CT molecular complexity index is 930.